The van der Waals surface area contributed by atoms with Crippen LogP contribution in [-0.2, 0) is 11.0 Å². The average Bonchev–Trinajstić information content (AvgIpc) is 2.74. The molecule has 1 aliphatic carbocycles. The van der Waals surface area contributed by atoms with Crippen LogP contribution in [0.25, 0.3) is 10.9 Å². The normalized spacial score (nSPS) is 24.3. The van der Waals surface area contributed by atoms with Crippen LogP contribution in [0.1, 0.15) is 38.2 Å². The van der Waals surface area contributed by atoms with E-state index in [1.807, 2.05) is 6.92 Å². The van der Waals surface area contributed by atoms with Gasteiger partial charge in [-0.25, -0.2) is 9.97 Å². The van der Waals surface area contributed by atoms with E-state index in [-0.39, 0.29) is 29.7 Å². The molecule has 10 heteroatoms. The highest BCUT2D eigenvalue weighted by atomic mass is 19.4. The highest BCUT2D eigenvalue weighted by molar-refractivity contribution is 5.91. The number of hydrogen-bond acceptors (Lipinski definition) is 6. The fraction of sp³-hybridized carbons (Fsp3) is 0.522. The molecule has 0 unspecified atom stereocenters. The van der Waals surface area contributed by atoms with Gasteiger partial charge in [0.15, 0.2) is 0 Å². The largest absolute Gasteiger partial charge is 0.416 e. The minimum absolute atomic E-state index is 0.0280. The topological polar surface area (TPSA) is 90.4 Å². The fourth-order valence-electron chi connectivity index (χ4n) is 4.59. The predicted octanol–water partition coefficient (Wildman–Crippen LogP) is 3.11. The first-order valence-corrected chi connectivity index (χ1v) is 11.0. The van der Waals surface area contributed by atoms with Gasteiger partial charge < -0.3 is 15.7 Å². The molecule has 1 amide bonds. The minimum atomic E-state index is -4.48. The first-order chi connectivity index (χ1) is 15.5. The van der Waals surface area contributed by atoms with Gasteiger partial charge in [0.25, 0.3) is 0 Å². The van der Waals surface area contributed by atoms with Crippen LogP contribution in [0, 0.1) is 0 Å². The smallest absolute Gasteiger partial charge is 0.386 e. The van der Waals surface area contributed by atoms with Gasteiger partial charge in [0, 0.05) is 24.5 Å². The van der Waals surface area contributed by atoms with E-state index < -0.39 is 17.3 Å². The number of likely N-dealkylation sites (tertiary alicyclic amines) is 1. The number of alkyl halides is 3. The summed E-state index contributed by atoms with van der Waals surface area (Å²) in [5.41, 5.74) is -0.377. The number of halogens is 3. The average molecular weight is 464 g/mol. The summed E-state index contributed by atoms with van der Waals surface area (Å²) in [6.07, 6.45) is -0.0334. The molecule has 0 spiro atoms. The van der Waals surface area contributed by atoms with Gasteiger partial charge >= 0.3 is 6.18 Å². The molecule has 1 aliphatic heterocycles. The van der Waals surface area contributed by atoms with Crippen LogP contribution in [0.5, 0.6) is 0 Å². The summed E-state index contributed by atoms with van der Waals surface area (Å²) >= 11 is 0. The Kier molecular flexibility index (Phi) is 6.32. The van der Waals surface area contributed by atoms with E-state index in [2.05, 4.69) is 32.1 Å². The first kappa shape index (κ1) is 23.4. The summed E-state index contributed by atoms with van der Waals surface area (Å²) in [7, 11) is 0. The molecule has 4 rings (SSSR count). The number of anilines is 1. The summed E-state index contributed by atoms with van der Waals surface area (Å²) in [6, 6.07) is 3.67. The van der Waals surface area contributed by atoms with Crippen LogP contribution in [0.15, 0.2) is 36.7 Å². The van der Waals surface area contributed by atoms with Crippen LogP contribution >= 0.6 is 0 Å². The SMILES string of the molecule is C=C(C)C1(O)CCC(N2CC(NC(=O)CNc3ncnc4ccc(C(F)(F)F)cc34)C2)CC1. The Labute approximate surface area is 190 Å². The zero-order chi connectivity index (χ0) is 23.8. The van der Waals surface area contributed by atoms with Gasteiger partial charge in [0.2, 0.25) is 5.91 Å². The van der Waals surface area contributed by atoms with Crippen molar-refractivity contribution in [1.82, 2.24) is 20.2 Å². The summed E-state index contributed by atoms with van der Waals surface area (Å²) in [4.78, 5) is 22.7. The number of rotatable bonds is 6. The van der Waals surface area contributed by atoms with Crippen molar-refractivity contribution in [1.29, 1.82) is 0 Å². The molecule has 2 aliphatic rings. The second-order valence-corrected chi connectivity index (χ2v) is 9.07. The van der Waals surface area contributed by atoms with Crippen LogP contribution in [0.2, 0.25) is 0 Å². The number of aliphatic hydroxyl groups is 1. The molecule has 0 atom stereocenters. The van der Waals surface area contributed by atoms with Crippen LogP contribution in [-0.4, -0.2) is 63.2 Å². The lowest BCUT2D eigenvalue weighted by Gasteiger charge is -2.48. The Morgan fingerprint density at radius 2 is 1.97 bits per heavy atom. The van der Waals surface area contributed by atoms with Crippen molar-refractivity contribution in [2.45, 2.75) is 56.5 Å². The van der Waals surface area contributed by atoms with Gasteiger partial charge in [-0.2, -0.15) is 13.2 Å². The molecule has 2 heterocycles. The van der Waals surface area contributed by atoms with E-state index in [0.717, 1.165) is 43.6 Å². The number of hydrogen-bond donors (Lipinski definition) is 3. The maximum Gasteiger partial charge on any atom is 0.416 e. The van der Waals surface area contributed by atoms with E-state index >= 15 is 0 Å². The number of nitrogens with zero attached hydrogens (tertiary/aromatic N) is 3. The molecular weight excluding hydrogens is 435 g/mol. The number of carbonyl (C=O) groups is 1. The Bertz CT molecular complexity index is 1040. The van der Waals surface area contributed by atoms with Crippen molar-refractivity contribution in [2.24, 2.45) is 0 Å². The minimum Gasteiger partial charge on any atom is -0.386 e. The lowest BCUT2D eigenvalue weighted by molar-refractivity contribution is -0.137. The molecule has 33 heavy (non-hydrogen) atoms. The van der Waals surface area contributed by atoms with Crippen LogP contribution in [0.3, 0.4) is 0 Å². The summed E-state index contributed by atoms with van der Waals surface area (Å²) < 4.78 is 39.1. The highest BCUT2D eigenvalue weighted by Gasteiger charge is 2.39. The number of amides is 1. The molecule has 0 bridgehead atoms. The van der Waals surface area contributed by atoms with Gasteiger partial charge in [0.1, 0.15) is 12.1 Å². The fourth-order valence-corrected chi connectivity index (χ4v) is 4.59. The van der Waals surface area contributed by atoms with Crippen molar-refractivity contribution in [3.63, 3.8) is 0 Å². The monoisotopic (exact) mass is 463 g/mol. The van der Waals surface area contributed by atoms with E-state index in [9.17, 15) is 23.1 Å². The van der Waals surface area contributed by atoms with Crippen LogP contribution < -0.4 is 10.6 Å². The third kappa shape index (κ3) is 5.11. The van der Waals surface area contributed by atoms with E-state index in [1.165, 1.54) is 12.4 Å². The van der Waals surface area contributed by atoms with Crippen molar-refractivity contribution in [3.05, 3.63) is 42.2 Å². The molecule has 2 aromatic rings. The Hall–Kier alpha value is -2.72. The molecule has 1 aromatic carbocycles. The first-order valence-electron chi connectivity index (χ1n) is 11.0. The molecule has 7 nitrogen and oxygen atoms in total. The van der Waals surface area contributed by atoms with Gasteiger partial charge in [-0.1, -0.05) is 6.58 Å². The lowest BCUT2D eigenvalue weighted by atomic mass is 9.77. The Balaban J connectivity index is 1.26. The highest BCUT2D eigenvalue weighted by Crippen LogP contribution is 2.36. The van der Waals surface area contributed by atoms with Crippen molar-refractivity contribution in [3.8, 4) is 0 Å². The molecular formula is C23H28F3N5O2. The van der Waals surface area contributed by atoms with Crippen molar-refractivity contribution < 1.29 is 23.1 Å². The van der Waals surface area contributed by atoms with Crippen molar-refractivity contribution in [2.75, 3.05) is 25.0 Å². The lowest BCUT2D eigenvalue weighted by Crippen LogP contribution is -2.63. The Morgan fingerprint density at radius 3 is 2.61 bits per heavy atom. The standard InChI is InChI=1S/C23H28F3N5O2/c1-14(2)22(33)7-5-17(6-8-22)31-11-16(12-31)30-20(32)10-27-21-18-9-15(23(24,25)26)3-4-19(18)28-13-29-21/h3-4,9,13,16-17,33H,1,5-8,10-12H2,2H3,(H,30,32)(H,27,28,29). The van der Waals surface area contributed by atoms with E-state index in [1.54, 1.807) is 0 Å². The third-order valence-corrected chi connectivity index (χ3v) is 6.75. The van der Waals surface area contributed by atoms with Gasteiger partial charge in [0.05, 0.1) is 29.3 Å². The quantitative estimate of drug-likeness (QED) is 0.571. The summed E-state index contributed by atoms with van der Waals surface area (Å²) in [5.74, 6) is -0.0672. The molecule has 178 valence electrons. The van der Waals surface area contributed by atoms with Gasteiger partial charge in [-0.05, 0) is 56.4 Å². The van der Waals surface area contributed by atoms with E-state index in [0.29, 0.717) is 24.4 Å². The number of aromatic nitrogens is 2. The number of fused-ring (bicyclic) bond motifs is 1. The van der Waals surface area contributed by atoms with Gasteiger partial charge in [-0.15, -0.1) is 0 Å². The molecule has 3 N–H and O–H groups in total. The molecule has 1 saturated heterocycles. The summed E-state index contributed by atoms with van der Waals surface area (Å²) in [6.45, 7) is 7.14. The van der Waals surface area contributed by atoms with Crippen LogP contribution in [0.4, 0.5) is 19.0 Å². The Morgan fingerprint density at radius 1 is 1.27 bits per heavy atom. The molecule has 0 radical (unpaired) electrons. The molecule has 1 saturated carbocycles. The zero-order valence-electron chi connectivity index (χ0n) is 18.5. The second kappa shape index (κ2) is 8.90. The van der Waals surface area contributed by atoms with Crippen molar-refractivity contribution >= 4 is 22.6 Å². The maximum atomic E-state index is 13.0. The third-order valence-electron chi connectivity index (χ3n) is 6.75. The molecule has 2 fully saturated rings. The summed E-state index contributed by atoms with van der Waals surface area (Å²) in [5, 5.41) is 16.5. The van der Waals surface area contributed by atoms with Gasteiger partial charge in [-0.3, -0.25) is 9.69 Å². The second-order valence-electron chi connectivity index (χ2n) is 9.07. The predicted molar refractivity (Wildman–Crippen MR) is 119 cm³/mol. The maximum absolute atomic E-state index is 13.0. The number of carbonyl (C=O) groups excluding carboxylic acids is 1. The van der Waals surface area contributed by atoms with E-state index in [4.69, 9.17) is 0 Å². The number of nitrogens with one attached hydrogen (secondary N) is 2. The molecule has 1 aromatic heterocycles. The number of benzene rings is 1. The zero-order valence-corrected chi connectivity index (χ0v) is 18.5.